The highest BCUT2D eigenvalue weighted by molar-refractivity contribution is 7.22. The number of nitrogens with zero attached hydrogens (tertiary/aromatic N) is 1. The summed E-state index contributed by atoms with van der Waals surface area (Å²) in [5.41, 5.74) is 6.50. The zero-order valence-corrected chi connectivity index (χ0v) is 13.7. The molecule has 1 atom stereocenters. The maximum atomic E-state index is 11.7. The number of carbonyl (C=O) groups is 1. The van der Waals surface area contributed by atoms with E-state index in [0.29, 0.717) is 24.6 Å². The molecule has 1 amide bonds. The zero-order valence-electron chi connectivity index (χ0n) is 12.1. The zero-order chi connectivity index (χ0) is 14.5. The third kappa shape index (κ3) is 5.15. The highest BCUT2D eigenvalue weighted by atomic mass is 35.5. The fourth-order valence-corrected chi connectivity index (χ4v) is 2.67. The number of benzene rings is 1. The van der Waals surface area contributed by atoms with Crippen molar-refractivity contribution in [3.8, 4) is 5.75 Å². The Balaban J connectivity index is 0.00000220. The summed E-state index contributed by atoms with van der Waals surface area (Å²) in [5.74, 6) is 0.768. The van der Waals surface area contributed by atoms with E-state index >= 15 is 0 Å². The quantitative estimate of drug-likeness (QED) is 0.853. The van der Waals surface area contributed by atoms with Crippen LogP contribution in [-0.2, 0) is 4.79 Å². The fraction of sp³-hybridized carbons (Fsp3) is 0.429. The molecule has 0 fully saturated rings. The van der Waals surface area contributed by atoms with Crippen LogP contribution in [0.25, 0.3) is 10.2 Å². The van der Waals surface area contributed by atoms with Crippen LogP contribution < -0.4 is 15.8 Å². The largest absolute Gasteiger partial charge is 0.494 e. The van der Waals surface area contributed by atoms with Crippen molar-refractivity contribution in [1.29, 1.82) is 0 Å². The molecule has 3 N–H and O–H groups in total. The molecule has 0 aliphatic rings. The summed E-state index contributed by atoms with van der Waals surface area (Å²) < 4.78 is 6.45. The molecule has 1 aromatic heterocycles. The van der Waals surface area contributed by atoms with E-state index < -0.39 is 0 Å². The second-order valence-electron chi connectivity index (χ2n) is 4.65. The van der Waals surface area contributed by atoms with Crippen LogP contribution in [0.2, 0.25) is 0 Å². The number of halogens is 1. The Bertz CT molecular complexity index is 601. The topological polar surface area (TPSA) is 77.2 Å². The van der Waals surface area contributed by atoms with E-state index in [-0.39, 0.29) is 24.4 Å². The molecule has 0 saturated heterocycles. The maximum Gasteiger partial charge on any atom is 0.226 e. The third-order valence-electron chi connectivity index (χ3n) is 2.74. The number of carbonyl (C=O) groups excluding carboxylic acids is 1. The first-order chi connectivity index (χ1) is 9.58. The first-order valence-electron chi connectivity index (χ1n) is 6.67. The number of anilines is 1. The Kier molecular flexibility index (Phi) is 6.87. The van der Waals surface area contributed by atoms with Gasteiger partial charge in [-0.2, -0.15) is 0 Å². The number of hydrogen-bond acceptors (Lipinski definition) is 5. The van der Waals surface area contributed by atoms with Crippen molar-refractivity contribution in [3.63, 3.8) is 0 Å². The number of nitrogens with one attached hydrogen (secondary N) is 1. The average molecular weight is 330 g/mol. The monoisotopic (exact) mass is 329 g/mol. The molecule has 21 heavy (non-hydrogen) atoms. The van der Waals surface area contributed by atoms with Crippen LogP contribution in [0.15, 0.2) is 18.2 Å². The van der Waals surface area contributed by atoms with Gasteiger partial charge in [-0.1, -0.05) is 11.3 Å². The number of thiazole rings is 1. The number of aromatic nitrogens is 1. The summed E-state index contributed by atoms with van der Waals surface area (Å²) in [7, 11) is 0. The van der Waals surface area contributed by atoms with Gasteiger partial charge in [0.2, 0.25) is 5.91 Å². The lowest BCUT2D eigenvalue weighted by Gasteiger charge is -2.03. The van der Waals surface area contributed by atoms with Gasteiger partial charge in [-0.05, 0) is 38.5 Å². The van der Waals surface area contributed by atoms with E-state index in [1.54, 1.807) is 0 Å². The Hall–Kier alpha value is -1.37. The van der Waals surface area contributed by atoms with Crippen LogP contribution in [0.3, 0.4) is 0 Å². The molecular weight excluding hydrogens is 310 g/mol. The predicted molar refractivity (Wildman–Crippen MR) is 89.6 cm³/mol. The first kappa shape index (κ1) is 17.7. The molecule has 0 aliphatic heterocycles. The van der Waals surface area contributed by atoms with Gasteiger partial charge in [0, 0.05) is 12.5 Å². The molecule has 0 bridgehead atoms. The lowest BCUT2D eigenvalue weighted by molar-refractivity contribution is -0.116. The molecule has 5 nitrogen and oxygen atoms in total. The van der Waals surface area contributed by atoms with Crippen molar-refractivity contribution in [1.82, 2.24) is 4.98 Å². The molecule has 0 spiro atoms. The molecule has 1 unspecified atom stereocenters. The Labute approximate surface area is 134 Å². The molecule has 116 valence electrons. The van der Waals surface area contributed by atoms with Crippen molar-refractivity contribution in [2.24, 2.45) is 5.73 Å². The molecule has 2 rings (SSSR count). The van der Waals surface area contributed by atoms with E-state index in [1.807, 2.05) is 32.0 Å². The van der Waals surface area contributed by atoms with Gasteiger partial charge in [0.25, 0.3) is 0 Å². The number of hydrogen-bond donors (Lipinski definition) is 2. The van der Waals surface area contributed by atoms with Gasteiger partial charge in [0.1, 0.15) is 5.75 Å². The minimum absolute atomic E-state index is 0. The van der Waals surface area contributed by atoms with E-state index in [4.69, 9.17) is 10.5 Å². The van der Waals surface area contributed by atoms with Gasteiger partial charge in [0.15, 0.2) is 5.13 Å². The lowest BCUT2D eigenvalue weighted by atomic mass is 10.2. The number of nitrogens with two attached hydrogens (primary N) is 1. The Morgan fingerprint density at radius 3 is 2.95 bits per heavy atom. The molecule has 1 aromatic carbocycles. The maximum absolute atomic E-state index is 11.7. The Morgan fingerprint density at radius 1 is 1.52 bits per heavy atom. The number of amides is 1. The van der Waals surface area contributed by atoms with Crippen LogP contribution in [0.4, 0.5) is 5.13 Å². The van der Waals surface area contributed by atoms with E-state index in [9.17, 15) is 4.79 Å². The summed E-state index contributed by atoms with van der Waals surface area (Å²) in [6.45, 7) is 4.46. The van der Waals surface area contributed by atoms with E-state index in [1.165, 1.54) is 11.3 Å². The molecule has 2 aromatic rings. The van der Waals surface area contributed by atoms with Crippen LogP contribution in [0, 0.1) is 0 Å². The Morgan fingerprint density at radius 2 is 2.29 bits per heavy atom. The van der Waals surface area contributed by atoms with Crippen molar-refractivity contribution in [2.45, 2.75) is 32.7 Å². The standard InChI is InChI=1S/C14H19N3O2S.ClH/c1-3-19-10-5-6-11-12(8-10)20-14(16-11)17-13(18)7-4-9(2)15;/h5-6,8-9H,3-4,7,15H2,1-2H3,(H,16,17,18);1H. The van der Waals surface area contributed by atoms with Crippen LogP contribution in [0.1, 0.15) is 26.7 Å². The minimum Gasteiger partial charge on any atom is -0.494 e. The molecule has 7 heteroatoms. The molecule has 1 heterocycles. The number of fused-ring (bicyclic) bond motifs is 1. The SMILES string of the molecule is CCOc1ccc2nc(NC(=O)CCC(C)N)sc2c1.Cl. The molecule has 0 radical (unpaired) electrons. The van der Waals surface area contributed by atoms with Gasteiger partial charge >= 0.3 is 0 Å². The van der Waals surface area contributed by atoms with E-state index in [0.717, 1.165) is 16.0 Å². The van der Waals surface area contributed by atoms with Crippen molar-refractivity contribution in [3.05, 3.63) is 18.2 Å². The van der Waals surface area contributed by atoms with Crippen molar-refractivity contribution < 1.29 is 9.53 Å². The normalized spacial score (nSPS) is 11.8. The van der Waals surface area contributed by atoms with Crippen LogP contribution >= 0.6 is 23.7 Å². The van der Waals surface area contributed by atoms with Crippen LogP contribution in [-0.4, -0.2) is 23.5 Å². The molecular formula is C14H20ClN3O2S. The highest BCUT2D eigenvalue weighted by Crippen LogP contribution is 2.29. The van der Waals surface area contributed by atoms with Gasteiger partial charge in [-0.15, -0.1) is 12.4 Å². The predicted octanol–water partition coefficient (Wildman–Crippen LogP) is 3.18. The molecule has 0 saturated carbocycles. The fourth-order valence-electron chi connectivity index (χ4n) is 1.76. The number of ether oxygens (including phenoxy) is 1. The minimum atomic E-state index is -0.0496. The second kappa shape index (κ2) is 8.17. The van der Waals surface area contributed by atoms with Gasteiger partial charge in [-0.25, -0.2) is 4.98 Å². The smallest absolute Gasteiger partial charge is 0.226 e. The van der Waals surface area contributed by atoms with Gasteiger partial charge in [0.05, 0.1) is 16.8 Å². The summed E-state index contributed by atoms with van der Waals surface area (Å²) >= 11 is 1.45. The molecule has 0 aliphatic carbocycles. The van der Waals surface area contributed by atoms with Crippen LogP contribution in [0.5, 0.6) is 5.75 Å². The summed E-state index contributed by atoms with van der Waals surface area (Å²) in [6.07, 6.45) is 1.09. The van der Waals surface area contributed by atoms with Crippen molar-refractivity contribution in [2.75, 3.05) is 11.9 Å². The summed E-state index contributed by atoms with van der Waals surface area (Å²) in [5, 5.41) is 3.42. The van der Waals surface area contributed by atoms with Crippen molar-refractivity contribution >= 4 is 45.0 Å². The first-order valence-corrected chi connectivity index (χ1v) is 7.49. The highest BCUT2D eigenvalue weighted by Gasteiger charge is 2.09. The van der Waals surface area contributed by atoms with Gasteiger partial charge < -0.3 is 15.8 Å². The van der Waals surface area contributed by atoms with Gasteiger partial charge in [-0.3, -0.25) is 4.79 Å². The summed E-state index contributed by atoms with van der Waals surface area (Å²) in [6, 6.07) is 5.75. The summed E-state index contributed by atoms with van der Waals surface area (Å²) in [4.78, 5) is 16.1. The van der Waals surface area contributed by atoms with E-state index in [2.05, 4.69) is 10.3 Å². The third-order valence-corrected chi connectivity index (χ3v) is 3.68. The number of rotatable bonds is 6. The second-order valence-corrected chi connectivity index (χ2v) is 5.68. The lowest BCUT2D eigenvalue weighted by Crippen LogP contribution is -2.19. The average Bonchev–Trinajstić information content (AvgIpc) is 2.78.